The normalized spacial score (nSPS) is 29.4. The molecule has 1 aromatic carbocycles. The van der Waals surface area contributed by atoms with Gasteiger partial charge in [0.05, 0.1) is 5.39 Å². The Morgan fingerprint density at radius 1 is 1.03 bits per heavy atom. The average molecular weight is 408 g/mol. The number of aryl methyl sites for hydroxylation is 1. The van der Waals surface area contributed by atoms with E-state index in [1.54, 1.807) is 0 Å². The second kappa shape index (κ2) is 7.82. The molecule has 4 fully saturated rings. The van der Waals surface area contributed by atoms with Crippen LogP contribution in [0.15, 0.2) is 29.1 Å². The lowest BCUT2D eigenvalue weighted by molar-refractivity contribution is -0.0167. The molecule has 4 aliphatic carbocycles. The van der Waals surface area contributed by atoms with E-state index in [2.05, 4.69) is 17.3 Å². The molecule has 5 nitrogen and oxygen atoms in total. The molecule has 0 saturated heterocycles. The number of aromatic nitrogens is 2. The van der Waals surface area contributed by atoms with Crippen LogP contribution in [0.25, 0.3) is 10.8 Å². The largest absolute Gasteiger partial charge is 0.345 e. The number of hydrogen-bond donors (Lipinski definition) is 1. The lowest BCUT2D eigenvalue weighted by Gasteiger charge is -2.56. The van der Waals surface area contributed by atoms with Crippen LogP contribution in [0, 0.1) is 17.8 Å². The SMILES string of the molecule is CCCCCCn1nc(C(=O)NC23CC4CC(CC(C4)C2)C3)c2ccccc2c1=O. The summed E-state index contributed by atoms with van der Waals surface area (Å²) in [7, 11) is 0. The third kappa shape index (κ3) is 3.57. The minimum atomic E-state index is -0.101. The van der Waals surface area contributed by atoms with Gasteiger partial charge in [0.1, 0.15) is 0 Å². The average Bonchev–Trinajstić information content (AvgIpc) is 2.71. The number of carbonyl (C=O) groups is 1. The molecule has 1 heterocycles. The van der Waals surface area contributed by atoms with Gasteiger partial charge >= 0.3 is 0 Å². The summed E-state index contributed by atoms with van der Waals surface area (Å²) in [5.74, 6) is 2.21. The molecule has 160 valence electrons. The number of rotatable bonds is 7. The predicted octanol–water partition coefficient (Wildman–Crippen LogP) is 4.68. The summed E-state index contributed by atoms with van der Waals surface area (Å²) in [6.45, 7) is 2.74. The first-order chi connectivity index (χ1) is 14.6. The molecule has 0 spiro atoms. The first kappa shape index (κ1) is 19.8. The number of unbranched alkanes of at least 4 members (excludes halogenated alkanes) is 3. The van der Waals surface area contributed by atoms with Crippen molar-refractivity contribution in [3.05, 3.63) is 40.3 Å². The van der Waals surface area contributed by atoms with Gasteiger partial charge in [0.15, 0.2) is 5.69 Å². The van der Waals surface area contributed by atoms with Crippen LogP contribution in [0.4, 0.5) is 0 Å². The van der Waals surface area contributed by atoms with Crippen molar-refractivity contribution >= 4 is 16.7 Å². The molecule has 1 N–H and O–H groups in total. The molecule has 0 aliphatic heterocycles. The number of fused-ring (bicyclic) bond motifs is 1. The van der Waals surface area contributed by atoms with Crippen LogP contribution in [0.1, 0.15) is 81.6 Å². The molecule has 1 aromatic heterocycles. The Kier molecular flexibility index (Phi) is 5.16. The predicted molar refractivity (Wildman–Crippen MR) is 119 cm³/mol. The maximum Gasteiger partial charge on any atom is 0.274 e. The molecule has 0 atom stereocenters. The van der Waals surface area contributed by atoms with Gasteiger partial charge in [-0.25, -0.2) is 4.68 Å². The minimum Gasteiger partial charge on any atom is -0.345 e. The number of carbonyl (C=O) groups excluding carboxylic acids is 1. The van der Waals surface area contributed by atoms with Crippen LogP contribution in [0.2, 0.25) is 0 Å². The van der Waals surface area contributed by atoms with Crippen molar-refractivity contribution in [2.45, 2.75) is 83.2 Å². The van der Waals surface area contributed by atoms with Crippen molar-refractivity contribution in [2.24, 2.45) is 17.8 Å². The van der Waals surface area contributed by atoms with Crippen molar-refractivity contribution in [1.82, 2.24) is 15.1 Å². The number of nitrogens with one attached hydrogen (secondary N) is 1. The van der Waals surface area contributed by atoms with E-state index in [0.717, 1.165) is 62.7 Å². The van der Waals surface area contributed by atoms with E-state index in [-0.39, 0.29) is 17.0 Å². The smallest absolute Gasteiger partial charge is 0.274 e. The fourth-order valence-corrected chi connectivity index (χ4v) is 6.81. The highest BCUT2D eigenvalue weighted by atomic mass is 16.2. The summed E-state index contributed by atoms with van der Waals surface area (Å²) in [5, 5.41) is 9.30. The Balaban J connectivity index is 1.45. The highest BCUT2D eigenvalue weighted by molar-refractivity contribution is 6.05. The van der Waals surface area contributed by atoms with E-state index in [1.165, 1.54) is 23.9 Å². The van der Waals surface area contributed by atoms with Gasteiger partial charge in [-0.15, -0.1) is 0 Å². The number of amides is 1. The quantitative estimate of drug-likeness (QED) is 0.678. The Labute approximate surface area is 178 Å². The summed E-state index contributed by atoms with van der Waals surface area (Å²) < 4.78 is 1.52. The zero-order valence-electron chi connectivity index (χ0n) is 18.0. The fourth-order valence-electron chi connectivity index (χ4n) is 6.81. The Hall–Kier alpha value is -2.17. The third-order valence-electron chi connectivity index (χ3n) is 7.72. The number of hydrogen-bond acceptors (Lipinski definition) is 3. The molecule has 0 unspecified atom stereocenters. The Morgan fingerprint density at radius 2 is 1.67 bits per heavy atom. The van der Waals surface area contributed by atoms with Gasteiger partial charge < -0.3 is 5.32 Å². The van der Waals surface area contributed by atoms with E-state index < -0.39 is 0 Å². The van der Waals surface area contributed by atoms with Crippen molar-refractivity contribution in [1.29, 1.82) is 0 Å². The molecule has 4 aliphatic rings. The monoisotopic (exact) mass is 407 g/mol. The van der Waals surface area contributed by atoms with E-state index >= 15 is 0 Å². The number of benzene rings is 1. The zero-order valence-corrected chi connectivity index (χ0v) is 18.0. The van der Waals surface area contributed by atoms with Crippen molar-refractivity contribution in [3.8, 4) is 0 Å². The summed E-state index contributed by atoms with van der Waals surface area (Å²) in [4.78, 5) is 26.4. The van der Waals surface area contributed by atoms with Crippen LogP contribution in [0.3, 0.4) is 0 Å². The van der Waals surface area contributed by atoms with E-state index in [4.69, 9.17) is 0 Å². The van der Waals surface area contributed by atoms with Crippen molar-refractivity contribution in [3.63, 3.8) is 0 Å². The summed E-state index contributed by atoms with van der Waals surface area (Å²) in [6.07, 6.45) is 11.7. The first-order valence-corrected chi connectivity index (χ1v) is 11.9. The molecule has 4 bridgehead atoms. The second-order valence-corrected chi connectivity index (χ2v) is 10.1. The maximum absolute atomic E-state index is 13.5. The minimum absolute atomic E-state index is 0.0588. The molecule has 2 aromatic rings. The van der Waals surface area contributed by atoms with Crippen LogP contribution in [0.5, 0.6) is 0 Å². The van der Waals surface area contributed by atoms with Crippen molar-refractivity contribution < 1.29 is 4.79 Å². The fraction of sp³-hybridized carbons (Fsp3) is 0.640. The summed E-state index contributed by atoms with van der Waals surface area (Å²) in [5.41, 5.74) is 0.265. The lowest BCUT2D eigenvalue weighted by Crippen LogP contribution is -2.60. The standard InChI is InChI=1S/C25H33N3O2/c1-2-3-4-7-10-28-24(30)21-9-6-5-8-20(21)22(27-28)23(29)26-25-14-17-11-18(15-25)13-19(12-17)16-25/h5-6,8-9,17-19H,2-4,7,10-16H2,1H3,(H,26,29). The Bertz CT molecular complexity index is 974. The van der Waals surface area contributed by atoms with Crippen LogP contribution in [-0.4, -0.2) is 21.2 Å². The molecule has 0 radical (unpaired) electrons. The second-order valence-electron chi connectivity index (χ2n) is 10.1. The first-order valence-electron chi connectivity index (χ1n) is 11.9. The highest BCUT2D eigenvalue weighted by Crippen LogP contribution is 2.55. The van der Waals surface area contributed by atoms with Gasteiger partial charge in [-0.2, -0.15) is 5.10 Å². The summed E-state index contributed by atoms with van der Waals surface area (Å²) in [6, 6.07) is 7.44. The van der Waals surface area contributed by atoms with Gasteiger partial charge in [-0.3, -0.25) is 9.59 Å². The zero-order chi connectivity index (χ0) is 20.7. The van der Waals surface area contributed by atoms with Crippen LogP contribution < -0.4 is 10.9 Å². The Morgan fingerprint density at radius 3 is 2.30 bits per heavy atom. The van der Waals surface area contributed by atoms with E-state index in [0.29, 0.717) is 23.0 Å². The van der Waals surface area contributed by atoms with E-state index in [1.807, 2.05) is 24.3 Å². The van der Waals surface area contributed by atoms with Gasteiger partial charge in [-0.1, -0.05) is 44.4 Å². The maximum atomic E-state index is 13.5. The molecule has 4 saturated carbocycles. The topological polar surface area (TPSA) is 64.0 Å². The molecular formula is C25H33N3O2. The molecule has 5 heteroatoms. The number of nitrogens with zero attached hydrogens (tertiary/aromatic N) is 2. The third-order valence-corrected chi connectivity index (χ3v) is 7.72. The van der Waals surface area contributed by atoms with Crippen LogP contribution in [-0.2, 0) is 6.54 Å². The van der Waals surface area contributed by atoms with Gasteiger partial charge in [0, 0.05) is 17.5 Å². The summed E-state index contributed by atoms with van der Waals surface area (Å²) >= 11 is 0. The highest BCUT2D eigenvalue weighted by Gasteiger charge is 2.51. The molecular weight excluding hydrogens is 374 g/mol. The van der Waals surface area contributed by atoms with Gasteiger partial charge in [0.2, 0.25) is 0 Å². The lowest BCUT2D eigenvalue weighted by atomic mass is 9.53. The van der Waals surface area contributed by atoms with Crippen LogP contribution >= 0.6 is 0 Å². The molecule has 6 rings (SSSR count). The van der Waals surface area contributed by atoms with Crippen molar-refractivity contribution in [2.75, 3.05) is 0 Å². The van der Waals surface area contributed by atoms with Gasteiger partial charge in [0.25, 0.3) is 11.5 Å². The van der Waals surface area contributed by atoms with Gasteiger partial charge in [-0.05, 0) is 68.8 Å². The molecule has 30 heavy (non-hydrogen) atoms. The molecule has 1 amide bonds. The van der Waals surface area contributed by atoms with E-state index in [9.17, 15) is 9.59 Å².